The number of hydrogen-bond donors (Lipinski definition) is 2. The van der Waals surface area contributed by atoms with Gasteiger partial charge in [-0.25, -0.2) is 0 Å². The third-order valence-electron chi connectivity index (χ3n) is 2.93. The van der Waals surface area contributed by atoms with E-state index < -0.39 is 0 Å². The van der Waals surface area contributed by atoms with Gasteiger partial charge in [-0.05, 0) is 48.4 Å². The molecule has 20 heavy (non-hydrogen) atoms. The number of anilines is 1. The van der Waals surface area contributed by atoms with Crippen LogP contribution in [0.15, 0.2) is 48.5 Å². The lowest BCUT2D eigenvalue weighted by molar-refractivity contribution is -0.116. The summed E-state index contributed by atoms with van der Waals surface area (Å²) < 4.78 is 5.14. The second-order valence-corrected chi connectivity index (χ2v) is 4.45. The van der Waals surface area contributed by atoms with E-state index in [1.165, 1.54) is 12.1 Å². The largest absolute Gasteiger partial charge is 0.508 e. The first kappa shape index (κ1) is 13.9. The van der Waals surface area contributed by atoms with Gasteiger partial charge in [-0.2, -0.15) is 0 Å². The fourth-order valence-corrected chi connectivity index (χ4v) is 1.85. The molecular formula is C16H17NO3. The zero-order valence-electron chi connectivity index (χ0n) is 11.3. The molecule has 0 saturated heterocycles. The summed E-state index contributed by atoms with van der Waals surface area (Å²) in [7, 11) is 1.62. The van der Waals surface area contributed by atoms with Crippen molar-refractivity contribution in [2.75, 3.05) is 12.4 Å². The van der Waals surface area contributed by atoms with Crippen molar-refractivity contribution in [1.29, 1.82) is 0 Å². The summed E-state index contributed by atoms with van der Waals surface area (Å²) in [6, 6.07) is 14.1. The van der Waals surface area contributed by atoms with Crippen molar-refractivity contribution >= 4 is 11.6 Å². The highest BCUT2D eigenvalue weighted by molar-refractivity contribution is 5.90. The molecule has 2 aromatic rings. The number of nitrogens with one attached hydrogen (secondary N) is 1. The SMILES string of the molecule is COc1cccc(CCC(=O)Nc2ccc(O)cc2)c1. The van der Waals surface area contributed by atoms with E-state index in [0.29, 0.717) is 18.5 Å². The average Bonchev–Trinajstić information content (AvgIpc) is 2.48. The molecule has 1 amide bonds. The van der Waals surface area contributed by atoms with Crippen LogP contribution in [-0.2, 0) is 11.2 Å². The van der Waals surface area contributed by atoms with Crippen LogP contribution < -0.4 is 10.1 Å². The van der Waals surface area contributed by atoms with E-state index in [1.54, 1.807) is 19.2 Å². The number of aromatic hydroxyl groups is 1. The minimum absolute atomic E-state index is 0.0569. The molecule has 2 rings (SSSR count). The van der Waals surface area contributed by atoms with Gasteiger partial charge in [0.25, 0.3) is 0 Å². The molecule has 2 N–H and O–H groups in total. The summed E-state index contributed by atoms with van der Waals surface area (Å²) in [6.45, 7) is 0. The molecule has 0 spiro atoms. The molecule has 2 aromatic carbocycles. The van der Waals surface area contributed by atoms with Gasteiger partial charge < -0.3 is 15.2 Å². The molecule has 4 nitrogen and oxygen atoms in total. The number of carbonyl (C=O) groups is 1. The summed E-state index contributed by atoms with van der Waals surface area (Å²) in [4.78, 5) is 11.8. The lowest BCUT2D eigenvalue weighted by Crippen LogP contribution is -2.12. The summed E-state index contributed by atoms with van der Waals surface area (Å²) in [5.41, 5.74) is 1.74. The number of rotatable bonds is 5. The number of hydrogen-bond acceptors (Lipinski definition) is 3. The number of carbonyl (C=O) groups excluding carboxylic acids is 1. The van der Waals surface area contributed by atoms with Crippen LogP contribution in [0.4, 0.5) is 5.69 Å². The number of amides is 1. The van der Waals surface area contributed by atoms with Crippen molar-refractivity contribution in [2.24, 2.45) is 0 Å². The van der Waals surface area contributed by atoms with E-state index in [-0.39, 0.29) is 11.7 Å². The van der Waals surface area contributed by atoms with Gasteiger partial charge in [-0.15, -0.1) is 0 Å². The van der Waals surface area contributed by atoms with Crippen molar-refractivity contribution in [3.63, 3.8) is 0 Å². The number of benzene rings is 2. The van der Waals surface area contributed by atoms with Crippen LogP contribution in [0, 0.1) is 0 Å². The third kappa shape index (κ3) is 4.02. The van der Waals surface area contributed by atoms with Crippen molar-refractivity contribution < 1.29 is 14.6 Å². The van der Waals surface area contributed by atoms with E-state index >= 15 is 0 Å². The summed E-state index contributed by atoms with van der Waals surface area (Å²) >= 11 is 0. The molecule has 0 aromatic heterocycles. The van der Waals surface area contributed by atoms with Gasteiger partial charge >= 0.3 is 0 Å². The number of phenolic OH excluding ortho intramolecular Hbond substituents is 1. The first-order chi connectivity index (χ1) is 9.67. The maximum atomic E-state index is 11.8. The van der Waals surface area contributed by atoms with Crippen molar-refractivity contribution in [2.45, 2.75) is 12.8 Å². The van der Waals surface area contributed by atoms with E-state index in [1.807, 2.05) is 24.3 Å². The monoisotopic (exact) mass is 271 g/mol. The van der Waals surface area contributed by atoms with Crippen molar-refractivity contribution in [3.05, 3.63) is 54.1 Å². The Labute approximate surface area is 118 Å². The first-order valence-electron chi connectivity index (χ1n) is 6.39. The van der Waals surface area contributed by atoms with Crippen LogP contribution in [0.3, 0.4) is 0 Å². The normalized spacial score (nSPS) is 10.1. The topological polar surface area (TPSA) is 58.6 Å². The fourth-order valence-electron chi connectivity index (χ4n) is 1.85. The summed E-state index contributed by atoms with van der Waals surface area (Å²) in [5.74, 6) is 0.916. The van der Waals surface area contributed by atoms with Crippen LogP contribution in [0.5, 0.6) is 11.5 Å². The van der Waals surface area contributed by atoms with Crippen LogP contribution in [0.1, 0.15) is 12.0 Å². The van der Waals surface area contributed by atoms with Crippen molar-refractivity contribution in [3.8, 4) is 11.5 Å². The molecule has 0 radical (unpaired) electrons. The van der Waals surface area contributed by atoms with Crippen molar-refractivity contribution in [1.82, 2.24) is 0 Å². The second-order valence-electron chi connectivity index (χ2n) is 4.45. The van der Waals surface area contributed by atoms with Gasteiger partial charge in [0, 0.05) is 12.1 Å². The van der Waals surface area contributed by atoms with E-state index in [0.717, 1.165) is 11.3 Å². The number of phenols is 1. The molecule has 0 atom stereocenters. The lowest BCUT2D eigenvalue weighted by Gasteiger charge is -2.06. The van der Waals surface area contributed by atoms with Crippen LogP contribution in [-0.4, -0.2) is 18.1 Å². The highest BCUT2D eigenvalue weighted by Gasteiger charge is 2.04. The Morgan fingerprint density at radius 1 is 1.20 bits per heavy atom. The van der Waals surface area contributed by atoms with Gasteiger partial charge in [0.15, 0.2) is 0 Å². The molecule has 0 heterocycles. The minimum Gasteiger partial charge on any atom is -0.508 e. The predicted molar refractivity (Wildman–Crippen MR) is 78.1 cm³/mol. The number of ether oxygens (including phenoxy) is 1. The van der Waals surface area contributed by atoms with Crippen LogP contribution >= 0.6 is 0 Å². The van der Waals surface area contributed by atoms with E-state index in [2.05, 4.69) is 5.32 Å². The second kappa shape index (κ2) is 6.61. The Morgan fingerprint density at radius 3 is 2.65 bits per heavy atom. The van der Waals surface area contributed by atoms with Crippen LogP contribution in [0.2, 0.25) is 0 Å². The Balaban J connectivity index is 1.87. The van der Waals surface area contributed by atoms with Gasteiger partial charge in [-0.1, -0.05) is 12.1 Å². The predicted octanol–water partition coefficient (Wildman–Crippen LogP) is 2.97. The van der Waals surface area contributed by atoms with Crippen LogP contribution in [0.25, 0.3) is 0 Å². The Bertz CT molecular complexity index is 579. The third-order valence-corrected chi connectivity index (χ3v) is 2.93. The standard InChI is InChI=1S/C16H17NO3/c1-20-15-4-2-3-12(11-15)5-10-16(19)17-13-6-8-14(18)9-7-13/h2-4,6-9,11,18H,5,10H2,1H3,(H,17,19). The molecule has 4 heteroatoms. The average molecular weight is 271 g/mol. The molecule has 0 unspecified atom stereocenters. The molecule has 0 aliphatic carbocycles. The zero-order chi connectivity index (χ0) is 14.4. The Morgan fingerprint density at radius 2 is 1.95 bits per heavy atom. The molecule has 0 fully saturated rings. The number of methoxy groups -OCH3 is 1. The minimum atomic E-state index is -0.0569. The van der Waals surface area contributed by atoms with E-state index in [9.17, 15) is 4.79 Å². The quantitative estimate of drug-likeness (QED) is 0.822. The lowest BCUT2D eigenvalue weighted by atomic mass is 10.1. The van der Waals surface area contributed by atoms with E-state index in [4.69, 9.17) is 9.84 Å². The molecule has 0 saturated carbocycles. The summed E-state index contributed by atoms with van der Waals surface area (Å²) in [6.07, 6.45) is 1.05. The highest BCUT2D eigenvalue weighted by atomic mass is 16.5. The Kier molecular flexibility index (Phi) is 4.60. The molecule has 104 valence electrons. The Hall–Kier alpha value is -2.49. The first-order valence-corrected chi connectivity index (χ1v) is 6.39. The van der Waals surface area contributed by atoms with Gasteiger partial charge in [0.2, 0.25) is 5.91 Å². The highest BCUT2D eigenvalue weighted by Crippen LogP contribution is 2.16. The van der Waals surface area contributed by atoms with Gasteiger partial charge in [0.05, 0.1) is 7.11 Å². The molecular weight excluding hydrogens is 254 g/mol. The smallest absolute Gasteiger partial charge is 0.224 e. The molecule has 0 bridgehead atoms. The fraction of sp³-hybridized carbons (Fsp3) is 0.188. The van der Waals surface area contributed by atoms with Gasteiger partial charge in [0.1, 0.15) is 11.5 Å². The maximum Gasteiger partial charge on any atom is 0.224 e. The molecule has 0 aliphatic heterocycles. The molecule has 0 aliphatic rings. The maximum absolute atomic E-state index is 11.8. The van der Waals surface area contributed by atoms with Gasteiger partial charge in [-0.3, -0.25) is 4.79 Å². The number of aryl methyl sites for hydroxylation is 1. The summed E-state index contributed by atoms with van der Waals surface area (Å²) in [5, 5.41) is 12.0. The zero-order valence-corrected chi connectivity index (χ0v) is 11.3.